The fourth-order valence-corrected chi connectivity index (χ4v) is 0.442. The Kier molecular flexibility index (Phi) is 5.13. The van der Waals surface area contributed by atoms with Gasteiger partial charge in [-0.15, -0.1) is 11.8 Å². The van der Waals surface area contributed by atoms with Crippen LogP contribution in [0.3, 0.4) is 0 Å². The van der Waals surface area contributed by atoms with Gasteiger partial charge in [-0.25, -0.2) is 9.69 Å². The summed E-state index contributed by atoms with van der Waals surface area (Å²) in [6, 6.07) is 0. The van der Waals surface area contributed by atoms with Crippen LogP contribution < -0.4 is 0 Å². The minimum absolute atomic E-state index is 0.387. The zero-order chi connectivity index (χ0) is 10.4. The van der Waals surface area contributed by atoms with Gasteiger partial charge in [-0.2, -0.15) is 0 Å². The Labute approximate surface area is 81.1 Å². The molecule has 0 aromatic heterocycles. The Bertz CT molecular complexity index is 240. The van der Waals surface area contributed by atoms with Crippen LogP contribution in [-0.2, 0) is 9.63 Å². The molecule has 0 saturated carbocycles. The van der Waals surface area contributed by atoms with Gasteiger partial charge < -0.3 is 0 Å². The third kappa shape index (κ3) is 4.51. The molecular weight excluding hydrogens is 192 g/mol. The van der Waals surface area contributed by atoms with Crippen molar-refractivity contribution >= 4 is 28.8 Å². The lowest BCUT2D eigenvalue weighted by atomic mass is 10.6. The molecule has 0 saturated heterocycles. The van der Waals surface area contributed by atoms with E-state index in [0.29, 0.717) is 5.04 Å². The number of amides is 2. The van der Waals surface area contributed by atoms with Gasteiger partial charge in [0, 0.05) is 14.0 Å². The van der Waals surface area contributed by atoms with Crippen LogP contribution >= 0.6 is 11.8 Å². The van der Waals surface area contributed by atoms with Crippen molar-refractivity contribution < 1.29 is 14.4 Å². The minimum Gasteiger partial charge on any atom is -0.297 e. The number of thioether (sulfide) groups is 1. The monoisotopic (exact) mass is 204 g/mol. The molecule has 0 aliphatic heterocycles. The first-order valence-electron chi connectivity index (χ1n) is 3.53. The Morgan fingerprint density at radius 2 is 1.92 bits per heavy atom. The van der Waals surface area contributed by atoms with Crippen LogP contribution in [0.4, 0.5) is 4.79 Å². The van der Waals surface area contributed by atoms with Gasteiger partial charge in [-0.1, -0.05) is 5.16 Å². The molecule has 2 amide bonds. The van der Waals surface area contributed by atoms with Crippen LogP contribution in [0.25, 0.3) is 0 Å². The van der Waals surface area contributed by atoms with Gasteiger partial charge in [-0.3, -0.25) is 9.63 Å². The predicted octanol–water partition coefficient (Wildman–Crippen LogP) is 1.30. The smallest absolute Gasteiger partial charge is 0.297 e. The fraction of sp³-hybridized carbons (Fsp3) is 0.571. The summed E-state index contributed by atoms with van der Waals surface area (Å²) in [6.45, 7) is 2.97. The van der Waals surface area contributed by atoms with Crippen molar-refractivity contribution in [2.75, 3.05) is 13.3 Å². The zero-order valence-electron chi connectivity index (χ0n) is 8.03. The van der Waals surface area contributed by atoms with Crippen molar-refractivity contribution in [3.8, 4) is 0 Å². The zero-order valence-corrected chi connectivity index (χ0v) is 8.84. The van der Waals surface area contributed by atoms with E-state index >= 15 is 0 Å². The van der Waals surface area contributed by atoms with E-state index in [1.54, 1.807) is 13.2 Å². The predicted molar refractivity (Wildman–Crippen MR) is 51.5 cm³/mol. The highest BCUT2D eigenvalue weighted by molar-refractivity contribution is 8.13. The molecular formula is C7H12N2O3S. The topological polar surface area (TPSA) is 59.0 Å². The van der Waals surface area contributed by atoms with Gasteiger partial charge in [0.05, 0.1) is 0 Å². The van der Waals surface area contributed by atoms with Crippen molar-refractivity contribution in [1.82, 2.24) is 4.90 Å². The molecule has 0 fully saturated rings. The van der Waals surface area contributed by atoms with Gasteiger partial charge in [-0.05, 0) is 13.2 Å². The van der Waals surface area contributed by atoms with Crippen LogP contribution in [0.15, 0.2) is 5.16 Å². The van der Waals surface area contributed by atoms with E-state index in [2.05, 4.69) is 9.99 Å². The lowest BCUT2D eigenvalue weighted by Crippen LogP contribution is -2.30. The summed E-state index contributed by atoms with van der Waals surface area (Å²) in [7, 11) is 1.33. The molecule has 0 aliphatic rings. The third-order valence-corrected chi connectivity index (χ3v) is 1.96. The Morgan fingerprint density at radius 3 is 2.31 bits per heavy atom. The number of imide groups is 1. The van der Waals surface area contributed by atoms with E-state index < -0.39 is 6.09 Å². The van der Waals surface area contributed by atoms with E-state index in [1.807, 2.05) is 0 Å². The second kappa shape index (κ2) is 5.58. The number of oxime groups is 1. The number of carbonyl (C=O) groups excluding carboxylic acids is 2. The average molecular weight is 204 g/mol. The number of carbonyl (C=O) groups is 2. The molecule has 74 valence electrons. The van der Waals surface area contributed by atoms with Crippen molar-refractivity contribution in [2.24, 2.45) is 5.16 Å². The summed E-state index contributed by atoms with van der Waals surface area (Å²) < 4.78 is 0. The van der Waals surface area contributed by atoms with Crippen molar-refractivity contribution in [2.45, 2.75) is 13.8 Å². The molecule has 0 rings (SSSR count). The Balaban J connectivity index is 4.09. The molecule has 5 nitrogen and oxygen atoms in total. The van der Waals surface area contributed by atoms with Gasteiger partial charge in [0.1, 0.15) is 5.04 Å². The van der Waals surface area contributed by atoms with E-state index in [4.69, 9.17) is 0 Å². The SMILES string of the molecule is CS/C(C)=N\OC(=O)N(C)C(C)=O. The maximum Gasteiger partial charge on any atom is 0.442 e. The van der Waals surface area contributed by atoms with Crippen LogP contribution in [0.5, 0.6) is 0 Å². The largest absolute Gasteiger partial charge is 0.442 e. The summed E-state index contributed by atoms with van der Waals surface area (Å²) in [5.41, 5.74) is 0. The number of nitrogens with zero attached hydrogens (tertiary/aromatic N) is 2. The van der Waals surface area contributed by atoms with E-state index in [0.717, 1.165) is 4.90 Å². The van der Waals surface area contributed by atoms with Crippen LogP contribution in [-0.4, -0.2) is 35.2 Å². The van der Waals surface area contributed by atoms with Gasteiger partial charge in [0.25, 0.3) is 0 Å². The highest BCUT2D eigenvalue weighted by atomic mass is 32.2. The van der Waals surface area contributed by atoms with E-state index in [9.17, 15) is 9.59 Å². The molecule has 0 N–H and O–H groups in total. The maximum atomic E-state index is 11.0. The number of rotatable bonds is 1. The van der Waals surface area contributed by atoms with Gasteiger partial charge in [0.15, 0.2) is 0 Å². The standard InChI is InChI=1S/C7H12N2O3S/c1-5(13-4)8-12-7(11)9(3)6(2)10/h1-4H3/b8-5-. The molecule has 0 atom stereocenters. The molecule has 0 aromatic rings. The minimum atomic E-state index is -0.777. The van der Waals surface area contributed by atoms with Crippen LogP contribution in [0.2, 0.25) is 0 Å². The van der Waals surface area contributed by atoms with Gasteiger partial charge in [0.2, 0.25) is 5.91 Å². The summed E-state index contributed by atoms with van der Waals surface area (Å²) >= 11 is 1.36. The number of hydrogen-bond donors (Lipinski definition) is 0. The van der Waals surface area contributed by atoms with Crippen LogP contribution in [0.1, 0.15) is 13.8 Å². The quantitative estimate of drug-likeness (QED) is 0.279. The molecule has 0 bridgehead atoms. The molecule has 0 heterocycles. The molecule has 0 unspecified atom stereocenters. The second-order valence-electron chi connectivity index (χ2n) is 2.25. The Hall–Kier alpha value is -1.04. The summed E-state index contributed by atoms with van der Waals surface area (Å²) in [4.78, 5) is 26.9. The Morgan fingerprint density at radius 1 is 1.38 bits per heavy atom. The van der Waals surface area contributed by atoms with Crippen molar-refractivity contribution in [1.29, 1.82) is 0 Å². The average Bonchev–Trinajstić information content (AvgIpc) is 2.11. The second-order valence-corrected chi connectivity index (χ2v) is 3.25. The van der Waals surface area contributed by atoms with Crippen LogP contribution in [0, 0.1) is 0 Å². The third-order valence-electron chi connectivity index (χ3n) is 1.29. The highest BCUT2D eigenvalue weighted by Crippen LogP contribution is 1.99. The maximum absolute atomic E-state index is 11.0. The molecule has 13 heavy (non-hydrogen) atoms. The van der Waals surface area contributed by atoms with E-state index in [-0.39, 0.29) is 5.91 Å². The lowest BCUT2D eigenvalue weighted by molar-refractivity contribution is -0.126. The van der Waals surface area contributed by atoms with E-state index in [1.165, 1.54) is 25.7 Å². The van der Waals surface area contributed by atoms with Crippen molar-refractivity contribution in [3.05, 3.63) is 0 Å². The van der Waals surface area contributed by atoms with Crippen molar-refractivity contribution in [3.63, 3.8) is 0 Å². The summed E-state index contributed by atoms with van der Waals surface area (Å²) in [5.74, 6) is -0.387. The first-order chi connectivity index (χ1) is 5.99. The molecule has 0 radical (unpaired) electrons. The molecule has 0 aromatic carbocycles. The molecule has 6 heteroatoms. The number of hydrogen-bond acceptors (Lipinski definition) is 5. The fourth-order valence-electron chi connectivity index (χ4n) is 0.330. The van der Waals surface area contributed by atoms with Gasteiger partial charge >= 0.3 is 6.09 Å². The summed E-state index contributed by atoms with van der Waals surface area (Å²) in [6.07, 6.45) is 1.03. The molecule has 0 spiro atoms. The normalized spacial score (nSPS) is 10.9. The highest BCUT2D eigenvalue weighted by Gasteiger charge is 2.13. The lowest BCUT2D eigenvalue weighted by Gasteiger charge is -2.09. The first kappa shape index (κ1) is 12.0. The summed E-state index contributed by atoms with van der Waals surface area (Å²) in [5, 5.41) is 4.10. The molecule has 0 aliphatic carbocycles. The first-order valence-corrected chi connectivity index (χ1v) is 4.75.